The molecule has 30 heavy (non-hydrogen) atoms. The van der Waals surface area contributed by atoms with Crippen LogP contribution in [0.3, 0.4) is 0 Å². The van der Waals surface area contributed by atoms with Crippen molar-refractivity contribution in [3.8, 4) is 5.75 Å². The van der Waals surface area contributed by atoms with Crippen molar-refractivity contribution >= 4 is 28.9 Å². The summed E-state index contributed by atoms with van der Waals surface area (Å²) < 4.78 is 15.9. The number of hydrazone groups is 1. The molecular formula is C22H20N2O5S. The van der Waals surface area contributed by atoms with Crippen LogP contribution in [0, 0.1) is 0 Å². The molecule has 1 aliphatic heterocycles. The first-order chi connectivity index (χ1) is 14.6. The van der Waals surface area contributed by atoms with E-state index in [1.165, 1.54) is 16.3 Å². The summed E-state index contributed by atoms with van der Waals surface area (Å²) in [6, 6.07) is 14.4. The van der Waals surface area contributed by atoms with Crippen molar-refractivity contribution in [1.82, 2.24) is 5.01 Å². The van der Waals surface area contributed by atoms with Crippen molar-refractivity contribution in [2.75, 3.05) is 13.7 Å². The molecule has 0 bridgehead atoms. The van der Waals surface area contributed by atoms with E-state index >= 15 is 0 Å². The van der Waals surface area contributed by atoms with E-state index in [2.05, 4.69) is 5.10 Å². The van der Waals surface area contributed by atoms with Gasteiger partial charge in [-0.05, 0) is 53.4 Å². The maximum Gasteiger partial charge on any atom is 0.311 e. The Morgan fingerprint density at radius 1 is 1.20 bits per heavy atom. The molecule has 3 aromatic rings. The number of hydrogen-bond donors (Lipinski definition) is 0. The summed E-state index contributed by atoms with van der Waals surface area (Å²) in [7, 11) is 1.61. The SMILES string of the molecule is COc1ccc(C2=NN(C(=O)COC(=O)Cc3cccs3)C(c3ccco3)C2)cc1. The Bertz CT molecular complexity index is 1030. The molecule has 8 heteroatoms. The lowest BCUT2D eigenvalue weighted by molar-refractivity contribution is -0.152. The monoisotopic (exact) mass is 424 g/mol. The standard InChI is InChI=1S/C22H20N2O5S/c1-27-16-8-6-15(7-9-16)18-13-19(20-5-2-10-28-20)24(23-18)21(25)14-29-22(26)12-17-4-3-11-30-17/h2-11,19H,12-14H2,1H3. The number of thiophene rings is 1. The van der Waals surface area contributed by atoms with E-state index in [9.17, 15) is 9.59 Å². The van der Waals surface area contributed by atoms with E-state index in [1.54, 1.807) is 25.5 Å². The van der Waals surface area contributed by atoms with Gasteiger partial charge in [-0.1, -0.05) is 6.07 Å². The maximum atomic E-state index is 12.8. The highest BCUT2D eigenvalue weighted by molar-refractivity contribution is 7.10. The van der Waals surface area contributed by atoms with E-state index in [-0.39, 0.29) is 19.1 Å². The number of methoxy groups -OCH3 is 1. The predicted octanol–water partition coefficient (Wildman–Crippen LogP) is 3.81. The Hall–Kier alpha value is -3.39. The molecule has 1 aromatic carbocycles. The molecule has 0 radical (unpaired) electrons. The third-order valence-corrected chi connectivity index (χ3v) is 5.59. The first-order valence-electron chi connectivity index (χ1n) is 9.39. The van der Waals surface area contributed by atoms with Crippen molar-refractivity contribution in [1.29, 1.82) is 0 Å². The van der Waals surface area contributed by atoms with Gasteiger partial charge < -0.3 is 13.9 Å². The van der Waals surface area contributed by atoms with Crippen LogP contribution >= 0.6 is 11.3 Å². The van der Waals surface area contributed by atoms with Gasteiger partial charge in [0, 0.05) is 11.3 Å². The highest BCUT2D eigenvalue weighted by Crippen LogP contribution is 2.33. The van der Waals surface area contributed by atoms with Gasteiger partial charge in [0.2, 0.25) is 0 Å². The molecule has 0 spiro atoms. The minimum atomic E-state index is -0.445. The molecular weight excluding hydrogens is 404 g/mol. The van der Waals surface area contributed by atoms with Crippen LogP contribution in [0.4, 0.5) is 0 Å². The molecule has 0 saturated heterocycles. The summed E-state index contributed by atoms with van der Waals surface area (Å²) in [5, 5.41) is 7.75. The Kier molecular flexibility index (Phi) is 5.94. The maximum absolute atomic E-state index is 12.8. The lowest BCUT2D eigenvalue weighted by atomic mass is 10.0. The molecule has 1 aliphatic rings. The van der Waals surface area contributed by atoms with Crippen LogP contribution in [-0.4, -0.2) is 36.3 Å². The van der Waals surface area contributed by atoms with Crippen molar-refractivity contribution in [3.63, 3.8) is 0 Å². The second kappa shape index (κ2) is 8.96. The largest absolute Gasteiger partial charge is 0.497 e. The number of ether oxygens (including phenoxy) is 2. The van der Waals surface area contributed by atoms with Crippen LogP contribution < -0.4 is 4.74 Å². The number of esters is 1. The molecule has 154 valence electrons. The van der Waals surface area contributed by atoms with Crippen LogP contribution in [0.1, 0.15) is 28.7 Å². The van der Waals surface area contributed by atoms with Gasteiger partial charge >= 0.3 is 5.97 Å². The molecule has 0 N–H and O–H groups in total. The molecule has 1 atom stereocenters. The predicted molar refractivity (Wildman–Crippen MR) is 111 cm³/mol. The zero-order valence-electron chi connectivity index (χ0n) is 16.3. The van der Waals surface area contributed by atoms with Crippen molar-refractivity contribution in [3.05, 3.63) is 76.4 Å². The van der Waals surface area contributed by atoms with Crippen molar-refractivity contribution in [2.24, 2.45) is 5.10 Å². The Morgan fingerprint density at radius 3 is 2.70 bits per heavy atom. The molecule has 7 nitrogen and oxygen atoms in total. The first-order valence-corrected chi connectivity index (χ1v) is 10.3. The smallest absolute Gasteiger partial charge is 0.311 e. The molecule has 1 amide bonds. The molecule has 0 saturated carbocycles. The number of carbonyl (C=O) groups is 2. The van der Waals surface area contributed by atoms with Gasteiger partial charge in [0.05, 0.1) is 25.5 Å². The zero-order valence-corrected chi connectivity index (χ0v) is 17.1. The third-order valence-electron chi connectivity index (χ3n) is 4.72. The van der Waals surface area contributed by atoms with Crippen LogP contribution in [0.2, 0.25) is 0 Å². The average Bonchev–Trinajstić information content (AvgIpc) is 3.53. The number of rotatable bonds is 7. The second-order valence-electron chi connectivity index (χ2n) is 6.67. The lowest BCUT2D eigenvalue weighted by Crippen LogP contribution is -2.31. The average molecular weight is 424 g/mol. The van der Waals surface area contributed by atoms with Gasteiger partial charge in [0.15, 0.2) is 6.61 Å². The summed E-state index contributed by atoms with van der Waals surface area (Å²) in [6.07, 6.45) is 2.20. The van der Waals surface area contributed by atoms with E-state index < -0.39 is 11.9 Å². The topological polar surface area (TPSA) is 81.3 Å². The Labute approximate surface area is 177 Å². The number of furan rings is 1. The molecule has 0 fully saturated rings. The number of benzene rings is 1. The number of amides is 1. The fourth-order valence-electron chi connectivity index (χ4n) is 3.22. The van der Waals surface area contributed by atoms with E-state index in [0.29, 0.717) is 12.2 Å². The van der Waals surface area contributed by atoms with Crippen molar-refractivity contribution < 1.29 is 23.5 Å². The summed E-state index contributed by atoms with van der Waals surface area (Å²) in [4.78, 5) is 25.7. The van der Waals surface area contributed by atoms with E-state index in [1.807, 2.05) is 41.8 Å². The zero-order chi connectivity index (χ0) is 20.9. The number of carbonyl (C=O) groups excluding carboxylic acids is 2. The minimum absolute atomic E-state index is 0.146. The van der Waals surface area contributed by atoms with Crippen LogP contribution in [-0.2, 0) is 20.7 Å². The van der Waals surface area contributed by atoms with Gasteiger partial charge in [-0.3, -0.25) is 9.59 Å². The lowest BCUT2D eigenvalue weighted by Gasteiger charge is -2.19. The van der Waals surface area contributed by atoms with Gasteiger partial charge in [0.25, 0.3) is 5.91 Å². The molecule has 3 heterocycles. The number of nitrogens with zero attached hydrogens (tertiary/aromatic N) is 2. The minimum Gasteiger partial charge on any atom is -0.497 e. The Balaban J connectivity index is 1.47. The highest BCUT2D eigenvalue weighted by Gasteiger charge is 2.35. The summed E-state index contributed by atoms with van der Waals surface area (Å²) in [5.74, 6) is 0.518. The third kappa shape index (κ3) is 4.44. The number of hydrogen-bond acceptors (Lipinski definition) is 7. The van der Waals surface area contributed by atoms with Gasteiger partial charge in [-0.2, -0.15) is 5.10 Å². The quantitative estimate of drug-likeness (QED) is 0.539. The van der Waals surface area contributed by atoms with Crippen LogP contribution in [0.5, 0.6) is 5.75 Å². The van der Waals surface area contributed by atoms with Crippen LogP contribution in [0.15, 0.2) is 69.7 Å². The van der Waals surface area contributed by atoms with Gasteiger partial charge in [-0.25, -0.2) is 5.01 Å². The van der Waals surface area contributed by atoms with Gasteiger partial charge in [-0.15, -0.1) is 11.3 Å². The van der Waals surface area contributed by atoms with Crippen molar-refractivity contribution in [2.45, 2.75) is 18.9 Å². The molecule has 0 aliphatic carbocycles. The molecule has 1 unspecified atom stereocenters. The molecule has 4 rings (SSSR count). The summed E-state index contributed by atoms with van der Waals surface area (Å²) in [6.45, 7) is -0.374. The Morgan fingerprint density at radius 2 is 2.03 bits per heavy atom. The summed E-state index contributed by atoms with van der Waals surface area (Å²) in [5.41, 5.74) is 1.63. The fourth-order valence-corrected chi connectivity index (χ4v) is 3.91. The van der Waals surface area contributed by atoms with Gasteiger partial charge in [0.1, 0.15) is 17.6 Å². The normalized spacial score (nSPS) is 15.7. The highest BCUT2D eigenvalue weighted by atomic mass is 32.1. The summed E-state index contributed by atoms with van der Waals surface area (Å²) >= 11 is 1.47. The van der Waals surface area contributed by atoms with E-state index in [0.717, 1.165) is 21.9 Å². The fraction of sp³-hybridized carbons (Fsp3) is 0.227. The van der Waals surface area contributed by atoms with Crippen LogP contribution in [0.25, 0.3) is 0 Å². The first kappa shape index (κ1) is 19.9. The second-order valence-corrected chi connectivity index (χ2v) is 7.70. The molecule has 2 aromatic heterocycles. The van der Waals surface area contributed by atoms with E-state index in [4.69, 9.17) is 13.9 Å².